The molecule has 2 N–H and O–H groups in total. The lowest BCUT2D eigenvalue weighted by Crippen LogP contribution is -2.21. The van der Waals surface area contributed by atoms with E-state index in [4.69, 9.17) is 4.74 Å². The fraction of sp³-hybridized carbons (Fsp3) is 0.571. The van der Waals surface area contributed by atoms with Crippen molar-refractivity contribution in [1.82, 2.24) is 5.32 Å². The Labute approximate surface area is 104 Å². The third-order valence-electron chi connectivity index (χ3n) is 3.10. The van der Waals surface area contributed by atoms with E-state index in [9.17, 15) is 0 Å². The second-order valence-electron chi connectivity index (χ2n) is 4.36. The van der Waals surface area contributed by atoms with Crippen LogP contribution in [0.2, 0.25) is 0 Å². The van der Waals surface area contributed by atoms with Gasteiger partial charge in [0.2, 0.25) is 0 Å². The molecule has 0 aromatic heterocycles. The minimum absolute atomic E-state index is 0.791. The van der Waals surface area contributed by atoms with Crippen LogP contribution in [0.3, 0.4) is 0 Å². The van der Waals surface area contributed by atoms with Crippen LogP contribution in [0.1, 0.15) is 24.5 Å². The van der Waals surface area contributed by atoms with Crippen LogP contribution in [0, 0.1) is 0 Å². The molecule has 1 heterocycles. The first kappa shape index (κ1) is 12.4. The van der Waals surface area contributed by atoms with E-state index in [-0.39, 0.29) is 0 Å². The molecule has 0 aliphatic carbocycles. The van der Waals surface area contributed by atoms with Gasteiger partial charge in [-0.3, -0.25) is 0 Å². The minimum atomic E-state index is 0.791. The average Bonchev–Trinajstić information content (AvgIpc) is 2.39. The van der Waals surface area contributed by atoms with Crippen molar-refractivity contribution in [3.63, 3.8) is 0 Å². The fourth-order valence-corrected chi connectivity index (χ4v) is 2.24. The Hall–Kier alpha value is -1.06. The Morgan fingerprint density at radius 1 is 1.41 bits per heavy atom. The highest BCUT2D eigenvalue weighted by Gasteiger charge is 2.11. The lowest BCUT2D eigenvalue weighted by Gasteiger charge is -2.21. The van der Waals surface area contributed by atoms with Crippen LogP contribution in [0.4, 0.5) is 5.69 Å². The number of aryl methyl sites for hydroxylation is 1. The Balaban J connectivity index is 1.87. The highest BCUT2D eigenvalue weighted by molar-refractivity contribution is 5.59. The molecule has 0 atom stereocenters. The van der Waals surface area contributed by atoms with Crippen molar-refractivity contribution in [2.24, 2.45) is 0 Å². The smallest absolute Gasteiger partial charge is 0.0590 e. The van der Waals surface area contributed by atoms with Crippen LogP contribution in [0.5, 0.6) is 0 Å². The van der Waals surface area contributed by atoms with Crippen molar-refractivity contribution in [2.45, 2.75) is 26.3 Å². The second kappa shape index (κ2) is 6.62. The van der Waals surface area contributed by atoms with E-state index in [1.807, 2.05) is 6.92 Å². The largest absolute Gasteiger partial charge is 0.385 e. The summed E-state index contributed by atoms with van der Waals surface area (Å²) in [7, 11) is 0. The number of ether oxygens (including phenoxy) is 1. The van der Waals surface area contributed by atoms with Gasteiger partial charge in [0.15, 0.2) is 0 Å². The van der Waals surface area contributed by atoms with Crippen molar-refractivity contribution in [3.8, 4) is 0 Å². The van der Waals surface area contributed by atoms with E-state index in [2.05, 4.69) is 28.8 Å². The Bertz CT molecular complexity index is 352. The summed E-state index contributed by atoms with van der Waals surface area (Å²) < 4.78 is 5.31. The molecule has 1 aromatic rings. The lowest BCUT2D eigenvalue weighted by atomic mass is 9.99. The van der Waals surface area contributed by atoms with Crippen LogP contribution in [-0.2, 0) is 17.7 Å². The first-order chi connectivity index (χ1) is 8.42. The number of hydrogen-bond donors (Lipinski definition) is 2. The molecular formula is C14H22N2O. The summed E-state index contributed by atoms with van der Waals surface area (Å²) in [5.41, 5.74) is 4.18. The van der Waals surface area contributed by atoms with E-state index >= 15 is 0 Å². The van der Waals surface area contributed by atoms with Crippen LogP contribution in [0.25, 0.3) is 0 Å². The topological polar surface area (TPSA) is 33.3 Å². The molecular weight excluding hydrogens is 212 g/mol. The Morgan fingerprint density at radius 3 is 3.24 bits per heavy atom. The van der Waals surface area contributed by atoms with Gasteiger partial charge in [-0.2, -0.15) is 0 Å². The van der Waals surface area contributed by atoms with Gasteiger partial charge in [-0.15, -0.1) is 0 Å². The SMILES string of the molecule is CCOCCNCc1cccc2c1NCCC2. The normalized spacial score (nSPS) is 14.2. The van der Waals surface area contributed by atoms with Gasteiger partial charge >= 0.3 is 0 Å². The first-order valence-electron chi connectivity index (χ1n) is 6.55. The van der Waals surface area contributed by atoms with Gasteiger partial charge in [-0.05, 0) is 30.9 Å². The van der Waals surface area contributed by atoms with E-state index in [0.717, 1.165) is 32.8 Å². The summed E-state index contributed by atoms with van der Waals surface area (Å²) >= 11 is 0. The van der Waals surface area contributed by atoms with Crippen LogP contribution in [0.15, 0.2) is 18.2 Å². The summed E-state index contributed by atoms with van der Waals surface area (Å²) in [6.07, 6.45) is 2.45. The van der Waals surface area contributed by atoms with Gasteiger partial charge in [-0.1, -0.05) is 18.2 Å². The number of para-hydroxylation sites is 1. The molecule has 1 aliphatic heterocycles. The monoisotopic (exact) mass is 234 g/mol. The maximum atomic E-state index is 5.31. The number of nitrogens with one attached hydrogen (secondary N) is 2. The van der Waals surface area contributed by atoms with Gasteiger partial charge in [0.1, 0.15) is 0 Å². The highest BCUT2D eigenvalue weighted by Crippen LogP contribution is 2.25. The average molecular weight is 234 g/mol. The molecule has 94 valence electrons. The van der Waals surface area contributed by atoms with E-state index in [0.29, 0.717) is 0 Å². The predicted octanol–water partition coefficient (Wildman–Crippen LogP) is 2.17. The van der Waals surface area contributed by atoms with Crippen molar-refractivity contribution < 1.29 is 4.74 Å². The molecule has 0 unspecified atom stereocenters. The maximum Gasteiger partial charge on any atom is 0.0590 e. The summed E-state index contributed by atoms with van der Waals surface area (Å²) in [5.74, 6) is 0. The summed E-state index contributed by atoms with van der Waals surface area (Å²) in [4.78, 5) is 0. The molecule has 3 heteroatoms. The van der Waals surface area contributed by atoms with Crippen molar-refractivity contribution in [1.29, 1.82) is 0 Å². The summed E-state index contributed by atoms with van der Waals surface area (Å²) in [6, 6.07) is 6.58. The molecule has 17 heavy (non-hydrogen) atoms. The van der Waals surface area contributed by atoms with Gasteiger partial charge in [-0.25, -0.2) is 0 Å². The van der Waals surface area contributed by atoms with Crippen LogP contribution in [-0.4, -0.2) is 26.3 Å². The third-order valence-corrected chi connectivity index (χ3v) is 3.10. The molecule has 0 amide bonds. The standard InChI is InChI=1S/C14H22N2O/c1-2-17-10-9-15-11-13-6-3-5-12-7-4-8-16-14(12)13/h3,5-6,15-16H,2,4,7-11H2,1H3. The van der Waals surface area contributed by atoms with E-state index < -0.39 is 0 Å². The number of hydrogen-bond acceptors (Lipinski definition) is 3. The molecule has 1 aliphatic rings. The predicted molar refractivity (Wildman–Crippen MR) is 71.5 cm³/mol. The molecule has 0 fully saturated rings. The first-order valence-corrected chi connectivity index (χ1v) is 6.55. The van der Waals surface area contributed by atoms with Crippen molar-refractivity contribution in [2.75, 3.05) is 31.6 Å². The second-order valence-corrected chi connectivity index (χ2v) is 4.36. The summed E-state index contributed by atoms with van der Waals surface area (Å²) in [6.45, 7) is 6.55. The molecule has 0 spiro atoms. The zero-order chi connectivity index (χ0) is 11.9. The zero-order valence-corrected chi connectivity index (χ0v) is 10.6. The molecule has 1 aromatic carbocycles. The number of anilines is 1. The molecule has 0 saturated carbocycles. The van der Waals surface area contributed by atoms with Crippen molar-refractivity contribution in [3.05, 3.63) is 29.3 Å². The van der Waals surface area contributed by atoms with Gasteiger partial charge in [0.25, 0.3) is 0 Å². The van der Waals surface area contributed by atoms with E-state index in [1.165, 1.54) is 29.7 Å². The number of rotatable bonds is 6. The van der Waals surface area contributed by atoms with Gasteiger partial charge in [0.05, 0.1) is 6.61 Å². The Kier molecular flexibility index (Phi) is 4.83. The molecule has 0 saturated heterocycles. The number of fused-ring (bicyclic) bond motifs is 1. The maximum absolute atomic E-state index is 5.31. The van der Waals surface area contributed by atoms with Crippen LogP contribution < -0.4 is 10.6 Å². The van der Waals surface area contributed by atoms with Crippen LogP contribution >= 0.6 is 0 Å². The van der Waals surface area contributed by atoms with E-state index in [1.54, 1.807) is 0 Å². The third kappa shape index (κ3) is 3.45. The highest BCUT2D eigenvalue weighted by atomic mass is 16.5. The summed E-state index contributed by atoms with van der Waals surface area (Å²) in [5, 5.41) is 6.93. The fourth-order valence-electron chi connectivity index (χ4n) is 2.24. The zero-order valence-electron chi connectivity index (χ0n) is 10.6. The molecule has 3 nitrogen and oxygen atoms in total. The minimum Gasteiger partial charge on any atom is -0.385 e. The lowest BCUT2D eigenvalue weighted by molar-refractivity contribution is 0.149. The van der Waals surface area contributed by atoms with Crippen molar-refractivity contribution >= 4 is 5.69 Å². The number of benzene rings is 1. The molecule has 0 radical (unpaired) electrons. The Morgan fingerprint density at radius 2 is 2.35 bits per heavy atom. The van der Waals surface area contributed by atoms with Gasteiger partial charge in [0, 0.05) is 31.9 Å². The quantitative estimate of drug-likeness (QED) is 0.740. The molecule has 2 rings (SSSR count). The molecule has 0 bridgehead atoms. The van der Waals surface area contributed by atoms with Gasteiger partial charge < -0.3 is 15.4 Å².